The number of amides is 3. The molecule has 48 heavy (non-hydrogen) atoms. The van der Waals surface area contributed by atoms with Gasteiger partial charge in [0.2, 0.25) is 11.7 Å². The average molecular weight is 675 g/mol. The summed E-state index contributed by atoms with van der Waals surface area (Å²) in [6, 6.07) is 7.44. The molecule has 17 heteroatoms. The van der Waals surface area contributed by atoms with E-state index in [2.05, 4.69) is 25.9 Å². The topological polar surface area (TPSA) is 201 Å². The fourth-order valence-electron chi connectivity index (χ4n) is 5.79. The highest BCUT2D eigenvalue weighted by atomic mass is 19.4. The van der Waals surface area contributed by atoms with Crippen molar-refractivity contribution in [1.29, 1.82) is 5.26 Å². The number of rotatable bonds is 13. The van der Waals surface area contributed by atoms with Crippen LogP contribution in [0.25, 0.3) is 0 Å². The van der Waals surface area contributed by atoms with Crippen LogP contribution in [-0.4, -0.2) is 88.9 Å². The average Bonchev–Trinajstić information content (AvgIpc) is 3.55. The first kappa shape index (κ1) is 35.7. The maximum atomic E-state index is 13.9. The van der Waals surface area contributed by atoms with Gasteiger partial charge in [-0.3, -0.25) is 9.59 Å². The Bertz CT molecular complexity index is 1510. The molecular weight excluding hydrogens is 637 g/mol. The van der Waals surface area contributed by atoms with E-state index in [0.717, 1.165) is 5.56 Å². The molecule has 0 radical (unpaired) electrons. The Morgan fingerprint density at radius 3 is 2.29 bits per heavy atom. The van der Waals surface area contributed by atoms with Crippen molar-refractivity contribution in [3.05, 3.63) is 47.3 Å². The van der Waals surface area contributed by atoms with E-state index in [4.69, 9.17) is 15.5 Å². The SMILES string of the molecule is N#Cc1ccc(CCNC(=O)[C@@H]2CCCN2c2cc(N3CCC(CCNC(=O)NC(CC(=O)O)C(=O)O)CC3)nc(C(F)(F)F)n2)cc1. The molecule has 2 aliphatic rings. The second kappa shape index (κ2) is 16.1. The molecule has 2 aromatic rings. The first-order valence-corrected chi connectivity index (χ1v) is 15.6. The summed E-state index contributed by atoms with van der Waals surface area (Å²) < 4.78 is 41.8. The van der Waals surface area contributed by atoms with Crippen LogP contribution < -0.4 is 25.8 Å². The fourth-order valence-corrected chi connectivity index (χ4v) is 5.79. The number of anilines is 2. The van der Waals surface area contributed by atoms with Gasteiger partial charge in [-0.2, -0.15) is 18.4 Å². The summed E-state index contributed by atoms with van der Waals surface area (Å²) in [6.45, 7) is 1.65. The van der Waals surface area contributed by atoms with Gasteiger partial charge in [0.15, 0.2) is 0 Å². The van der Waals surface area contributed by atoms with Crippen molar-refractivity contribution in [1.82, 2.24) is 25.9 Å². The van der Waals surface area contributed by atoms with Crippen molar-refractivity contribution in [3.63, 3.8) is 0 Å². The molecule has 5 N–H and O–H groups in total. The number of nitriles is 1. The van der Waals surface area contributed by atoms with Gasteiger partial charge < -0.3 is 36.0 Å². The van der Waals surface area contributed by atoms with Gasteiger partial charge in [0, 0.05) is 38.8 Å². The Morgan fingerprint density at radius 1 is 0.979 bits per heavy atom. The van der Waals surface area contributed by atoms with E-state index in [1.54, 1.807) is 34.1 Å². The number of nitrogens with zero attached hydrogens (tertiary/aromatic N) is 5. The van der Waals surface area contributed by atoms with Crippen molar-refractivity contribution in [3.8, 4) is 6.07 Å². The summed E-state index contributed by atoms with van der Waals surface area (Å²) in [4.78, 5) is 58.1. The number of halogens is 3. The van der Waals surface area contributed by atoms with Crippen LogP contribution >= 0.6 is 0 Å². The molecule has 2 fully saturated rings. The smallest absolute Gasteiger partial charge is 0.451 e. The van der Waals surface area contributed by atoms with Gasteiger partial charge in [0.05, 0.1) is 18.1 Å². The molecule has 14 nitrogen and oxygen atoms in total. The highest BCUT2D eigenvalue weighted by Gasteiger charge is 2.39. The molecule has 4 rings (SSSR count). The zero-order valence-electron chi connectivity index (χ0n) is 26.0. The number of hydrogen-bond acceptors (Lipinski definition) is 9. The summed E-state index contributed by atoms with van der Waals surface area (Å²) in [6.07, 6.45) is -2.29. The number of carbonyl (C=O) groups excluding carboxylic acids is 2. The number of piperidine rings is 1. The molecule has 258 valence electrons. The minimum atomic E-state index is -4.81. The van der Waals surface area contributed by atoms with E-state index >= 15 is 0 Å². The summed E-state index contributed by atoms with van der Waals surface area (Å²) in [5.41, 5.74) is 1.46. The zero-order chi connectivity index (χ0) is 34.8. The molecule has 3 amide bonds. The van der Waals surface area contributed by atoms with Crippen LogP contribution in [0.2, 0.25) is 0 Å². The van der Waals surface area contributed by atoms with Crippen LogP contribution in [0.3, 0.4) is 0 Å². The van der Waals surface area contributed by atoms with E-state index in [9.17, 15) is 32.3 Å². The predicted molar refractivity (Wildman–Crippen MR) is 165 cm³/mol. The van der Waals surface area contributed by atoms with Crippen LogP contribution in [0, 0.1) is 17.2 Å². The first-order valence-electron chi connectivity index (χ1n) is 15.6. The standard InChI is InChI=1S/C31H37F3N8O6/c32-31(33,34)29-39-24(41-14-9-20(10-15-41)8-12-37-30(48)38-22(28(46)47)16-26(43)44)17-25(40-29)42-13-1-2-23(42)27(45)36-11-7-19-3-5-21(18-35)6-4-19/h3-6,17,20,22-23H,1-2,7-16H2,(H,36,45)(H,43,44)(H,46,47)(H2,37,38,48)/t22?,23-/m0/s1. The number of hydrogen-bond donors (Lipinski definition) is 5. The molecule has 1 aromatic carbocycles. The Kier molecular flexibility index (Phi) is 12.0. The predicted octanol–water partition coefficient (Wildman–Crippen LogP) is 2.53. The molecule has 0 aliphatic carbocycles. The molecule has 0 bridgehead atoms. The lowest BCUT2D eigenvalue weighted by molar-refractivity contribution is -0.145. The zero-order valence-corrected chi connectivity index (χ0v) is 26.0. The van der Waals surface area contributed by atoms with E-state index in [0.29, 0.717) is 70.3 Å². The summed E-state index contributed by atoms with van der Waals surface area (Å²) in [7, 11) is 0. The van der Waals surface area contributed by atoms with Crippen LogP contribution in [-0.2, 0) is 27.0 Å². The van der Waals surface area contributed by atoms with Crippen molar-refractivity contribution in [2.45, 2.75) is 63.2 Å². The Balaban J connectivity index is 1.33. The second-order valence-corrected chi connectivity index (χ2v) is 11.7. The molecule has 1 unspecified atom stereocenters. The maximum Gasteiger partial charge on any atom is 0.451 e. The Labute approximate surface area is 274 Å². The van der Waals surface area contributed by atoms with Crippen molar-refractivity contribution in [2.24, 2.45) is 5.92 Å². The van der Waals surface area contributed by atoms with Crippen molar-refractivity contribution in [2.75, 3.05) is 42.5 Å². The Morgan fingerprint density at radius 2 is 1.67 bits per heavy atom. The Hall–Kier alpha value is -5.14. The van der Waals surface area contributed by atoms with E-state index in [1.807, 2.05) is 6.07 Å². The molecule has 2 aliphatic heterocycles. The number of urea groups is 1. The van der Waals surface area contributed by atoms with Crippen molar-refractivity contribution < 1.29 is 42.6 Å². The summed E-state index contributed by atoms with van der Waals surface area (Å²) in [5, 5.41) is 34.3. The van der Waals surface area contributed by atoms with Gasteiger partial charge in [-0.1, -0.05) is 12.1 Å². The van der Waals surface area contributed by atoms with Gasteiger partial charge in [-0.15, -0.1) is 0 Å². The highest BCUT2D eigenvalue weighted by molar-refractivity contribution is 5.86. The molecule has 2 saturated heterocycles. The monoisotopic (exact) mass is 674 g/mol. The summed E-state index contributed by atoms with van der Waals surface area (Å²) >= 11 is 0. The lowest BCUT2D eigenvalue weighted by Gasteiger charge is -2.34. The molecule has 3 heterocycles. The van der Waals surface area contributed by atoms with Crippen LogP contribution in [0.4, 0.5) is 29.6 Å². The lowest BCUT2D eigenvalue weighted by Crippen LogP contribution is -2.47. The first-order chi connectivity index (χ1) is 22.8. The molecule has 1 aromatic heterocycles. The number of benzene rings is 1. The number of aromatic nitrogens is 2. The van der Waals surface area contributed by atoms with Gasteiger partial charge in [0.25, 0.3) is 0 Å². The normalized spacial score (nSPS) is 17.3. The lowest BCUT2D eigenvalue weighted by atomic mass is 9.93. The number of carboxylic acids is 2. The van der Waals surface area contributed by atoms with Gasteiger partial charge in [-0.05, 0) is 62.1 Å². The quantitative estimate of drug-likeness (QED) is 0.209. The largest absolute Gasteiger partial charge is 0.481 e. The number of alkyl halides is 3. The highest BCUT2D eigenvalue weighted by Crippen LogP contribution is 2.34. The molecule has 0 saturated carbocycles. The van der Waals surface area contributed by atoms with Gasteiger partial charge >= 0.3 is 24.1 Å². The third-order valence-corrected chi connectivity index (χ3v) is 8.36. The van der Waals surface area contributed by atoms with Crippen LogP contribution in [0.5, 0.6) is 0 Å². The van der Waals surface area contributed by atoms with Crippen molar-refractivity contribution >= 4 is 35.5 Å². The number of carboxylic acid groups (broad SMARTS) is 2. The number of nitrogens with one attached hydrogen (secondary N) is 3. The minimum absolute atomic E-state index is 0.0250. The van der Waals surface area contributed by atoms with Crippen LogP contribution in [0.15, 0.2) is 30.3 Å². The third-order valence-electron chi connectivity index (χ3n) is 8.36. The summed E-state index contributed by atoms with van der Waals surface area (Å²) in [5.74, 6) is -4.19. The second-order valence-electron chi connectivity index (χ2n) is 11.7. The van der Waals surface area contributed by atoms with Gasteiger partial charge in [-0.25, -0.2) is 19.6 Å². The van der Waals surface area contributed by atoms with E-state index < -0.39 is 48.5 Å². The molecular formula is C31H37F3N8O6. The van der Waals surface area contributed by atoms with Gasteiger partial charge in [0.1, 0.15) is 23.7 Å². The maximum absolute atomic E-state index is 13.9. The van der Waals surface area contributed by atoms with E-state index in [-0.39, 0.29) is 30.0 Å². The van der Waals surface area contributed by atoms with Crippen LogP contribution in [0.1, 0.15) is 55.5 Å². The molecule has 2 atom stereocenters. The van der Waals surface area contributed by atoms with E-state index in [1.165, 1.54) is 6.07 Å². The third kappa shape index (κ3) is 9.93. The number of carbonyl (C=O) groups is 4. The number of aliphatic carboxylic acids is 2. The minimum Gasteiger partial charge on any atom is -0.481 e. The fraction of sp³-hybridized carbons (Fsp3) is 0.516. The molecule has 0 spiro atoms.